The summed E-state index contributed by atoms with van der Waals surface area (Å²) in [5, 5.41) is 0. The molecule has 4 aromatic carbocycles. The Labute approximate surface area is 232 Å². The molecule has 0 radical (unpaired) electrons. The molecule has 0 nitrogen and oxygen atoms in total. The van der Waals surface area contributed by atoms with Crippen LogP contribution in [0.4, 0.5) is 26.3 Å². The van der Waals surface area contributed by atoms with E-state index < -0.39 is 34.6 Å². The molecule has 0 aromatic heterocycles. The monoisotopic (exact) mass is 556 g/mol. The van der Waals surface area contributed by atoms with Crippen molar-refractivity contribution in [1.82, 2.24) is 0 Å². The molecule has 6 heteroatoms. The number of alkyl halides is 6. The molecule has 0 aliphatic rings. The SMILES string of the molecule is Cc1cc(C)c(-c2c(C)cc(C)cc2C)c(C)c1.Cc1ccc(-c2ccc(C)cc2C(F)(F)F)c(C(F)(F)F)c1. The van der Waals surface area contributed by atoms with Gasteiger partial charge in [-0.1, -0.05) is 70.8 Å². The van der Waals surface area contributed by atoms with Crippen molar-refractivity contribution < 1.29 is 26.3 Å². The summed E-state index contributed by atoms with van der Waals surface area (Å²) in [5.74, 6) is 0. The smallest absolute Gasteiger partial charge is 0.166 e. The highest BCUT2D eigenvalue weighted by atomic mass is 19.4. The van der Waals surface area contributed by atoms with E-state index in [-0.39, 0.29) is 0 Å². The van der Waals surface area contributed by atoms with Gasteiger partial charge in [0.05, 0.1) is 11.1 Å². The molecule has 212 valence electrons. The maximum atomic E-state index is 13.1. The second-order valence-corrected chi connectivity index (χ2v) is 10.6. The lowest BCUT2D eigenvalue weighted by atomic mass is 9.87. The van der Waals surface area contributed by atoms with Crippen LogP contribution in [-0.4, -0.2) is 0 Å². The highest BCUT2D eigenvalue weighted by Gasteiger charge is 2.38. The lowest BCUT2D eigenvalue weighted by Gasteiger charge is -2.18. The van der Waals surface area contributed by atoms with E-state index in [1.165, 1.54) is 70.5 Å². The topological polar surface area (TPSA) is 0 Å². The molecule has 0 atom stereocenters. The van der Waals surface area contributed by atoms with E-state index in [0.29, 0.717) is 11.1 Å². The lowest BCUT2D eigenvalue weighted by molar-refractivity contribution is -0.139. The minimum atomic E-state index is -4.73. The average molecular weight is 557 g/mol. The van der Waals surface area contributed by atoms with Gasteiger partial charge in [-0.2, -0.15) is 26.3 Å². The molecule has 0 aliphatic carbocycles. The van der Waals surface area contributed by atoms with Gasteiger partial charge in [0.2, 0.25) is 0 Å². The lowest BCUT2D eigenvalue weighted by Crippen LogP contribution is -2.11. The van der Waals surface area contributed by atoms with E-state index in [1.807, 2.05) is 0 Å². The zero-order valence-corrected chi connectivity index (χ0v) is 24.0. The molecule has 0 spiro atoms. The van der Waals surface area contributed by atoms with Gasteiger partial charge in [-0.15, -0.1) is 0 Å². The van der Waals surface area contributed by atoms with Crippen molar-refractivity contribution in [1.29, 1.82) is 0 Å². The summed E-state index contributed by atoms with van der Waals surface area (Å²) >= 11 is 0. The van der Waals surface area contributed by atoms with E-state index in [0.717, 1.165) is 24.3 Å². The fourth-order valence-corrected chi connectivity index (χ4v) is 5.40. The molecule has 0 N–H and O–H groups in total. The predicted molar refractivity (Wildman–Crippen MR) is 152 cm³/mol. The third-order valence-corrected chi connectivity index (χ3v) is 6.86. The number of halogens is 6. The van der Waals surface area contributed by atoms with Gasteiger partial charge in [0, 0.05) is 0 Å². The average Bonchev–Trinajstić information content (AvgIpc) is 2.79. The maximum Gasteiger partial charge on any atom is 0.417 e. The Balaban J connectivity index is 0.000000225. The van der Waals surface area contributed by atoms with Gasteiger partial charge in [0.1, 0.15) is 0 Å². The van der Waals surface area contributed by atoms with Crippen molar-refractivity contribution in [2.75, 3.05) is 0 Å². The van der Waals surface area contributed by atoms with Crippen molar-refractivity contribution in [3.8, 4) is 22.3 Å². The molecule has 0 bridgehead atoms. The first kappa shape index (κ1) is 31.0. The summed E-state index contributed by atoms with van der Waals surface area (Å²) in [7, 11) is 0. The van der Waals surface area contributed by atoms with Gasteiger partial charge < -0.3 is 0 Å². The Hall–Kier alpha value is -3.54. The zero-order valence-electron chi connectivity index (χ0n) is 24.0. The number of hydrogen-bond acceptors (Lipinski definition) is 0. The van der Waals surface area contributed by atoms with Crippen molar-refractivity contribution in [3.63, 3.8) is 0 Å². The molecule has 4 rings (SSSR count). The van der Waals surface area contributed by atoms with Gasteiger partial charge in [0.15, 0.2) is 0 Å². The first-order chi connectivity index (χ1) is 18.4. The second kappa shape index (κ2) is 11.5. The van der Waals surface area contributed by atoms with Crippen LogP contribution in [0.25, 0.3) is 22.3 Å². The van der Waals surface area contributed by atoms with Crippen LogP contribution in [0.15, 0.2) is 60.7 Å². The molecule has 0 aliphatic heterocycles. The van der Waals surface area contributed by atoms with Gasteiger partial charge in [0.25, 0.3) is 0 Å². The molecule has 0 saturated carbocycles. The van der Waals surface area contributed by atoms with Gasteiger partial charge in [-0.3, -0.25) is 0 Å². The molecule has 40 heavy (non-hydrogen) atoms. The Morgan fingerprint density at radius 2 is 0.650 bits per heavy atom. The van der Waals surface area contributed by atoms with Crippen LogP contribution in [0.3, 0.4) is 0 Å². The Morgan fingerprint density at radius 3 is 0.900 bits per heavy atom. The van der Waals surface area contributed by atoms with Gasteiger partial charge in [-0.25, -0.2) is 0 Å². The highest BCUT2D eigenvalue weighted by Crippen LogP contribution is 2.43. The quantitative estimate of drug-likeness (QED) is 0.215. The molecule has 0 heterocycles. The van der Waals surface area contributed by atoms with Gasteiger partial charge in [-0.05, 0) is 112 Å². The zero-order chi connectivity index (χ0) is 30.2. The largest absolute Gasteiger partial charge is 0.417 e. The fourth-order valence-electron chi connectivity index (χ4n) is 5.40. The predicted octanol–water partition coefficient (Wildman–Crippen LogP) is 11.2. The van der Waals surface area contributed by atoms with Crippen LogP contribution >= 0.6 is 0 Å². The van der Waals surface area contributed by atoms with Crippen LogP contribution in [0.1, 0.15) is 55.6 Å². The summed E-state index contributed by atoms with van der Waals surface area (Å²) in [6.07, 6.45) is -9.45. The third-order valence-electron chi connectivity index (χ3n) is 6.86. The normalized spacial score (nSPS) is 11.8. The van der Waals surface area contributed by atoms with Crippen molar-refractivity contribution in [3.05, 3.63) is 116 Å². The van der Waals surface area contributed by atoms with Crippen LogP contribution in [-0.2, 0) is 12.4 Å². The minimum Gasteiger partial charge on any atom is -0.166 e. The van der Waals surface area contributed by atoms with Crippen LogP contribution in [0, 0.1) is 55.4 Å². The van der Waals surface area contributed by atoms with E-state index in [9.17, 15) is 26.3 Å². The Bertz CT molecular complexity index is 1370. The van der Waals surface area contributed by atoms with Crippen LogP contribution < -0.4 is 0 Å². The maximum absolute atomic E-state index is 13.1. The van der Waals surface area contributed by atoms with Crippen molar-refractivity contribution >= 4 is 0 Å². The summed E-state index contributed by atoms with van der Waals surface area (Å²) in [5.41, 5.74) is 8.61. The number of benzene rings is 4. The summed E-state index contributed by atoms with van der Waals surface area (Å²) in [6, 6.07) is 15.7. The van der Waals surface area contributed by atoms with E-state index in [2.05, 4.69) is 65.8 Å². The molecule has 4 aromatic rings. The van der Waals surface area contributed by atoms with Gasteiger partial charge >= 0.3 is 12.4 Å². The summed E-state index contributed by atoms with van der Waals surface area (Å²) < 4.78 is 78.8. The first-order valence-electron chi connectivity index (χ1n) is 12.9. The first-order valence-corrected chi connectivity index (χ1v) is 12.9. The van der Waals surface area contributed by atoms with Crippen LogP contribution in [0.2, 0.25) is 0 Å². The standard InChI is InChI=1S/C18H22.C16H12F6/c1-11-7-13(3)17(14(4)8-11)18-15(5)9-12(2)10-16(18)6;1-9-3-5-11(13(7-9)15(17,18)19)12-6-4-10(2)8-14(12)16(20,21)22/h7-10H,1-6H3;3-8H,1-2H3. The molecule has 0 amide bonds. The fraction of sp³-hybridized carbons (Fsp3) is 0.294. The van der Waals surface area contributed by atoms with E-state index in [1.54, 1.807) is 0 Å². The molecule has 0 saturated heterocycles. The van der Waals surface area contributed by atoms with E-state index >= 15 is 0 Å². The highest BCUT2D eigenvalue weighted by molar-refractivity contribution is 5.77. The number of hydrogen-bond donors (Lipinski definition) is 0. The molecular formula is C34H34F6. The van der Waals surface area contributed by atoms with Crippen LogP contribution in [0.5, 0.6) is 0 Å². The van der Waals surface area contributed by atoms with Crippen molar-refractivity contribution in [2.45, 2.75) is 67.7 Å². The summed E-state index contributed by atoms with van der Waals surface area (Å²) in [4.78, 5) is 0. The third kappa shape index (κ3) is 6.96. The summed E-state index contributed by atoms with van der Waals surface area (Å²) in [6.45, 7) is 16.1. The van der Waals surface area contributed by atoms with E-state index in [4.69, 9.17) is 0 Å². The number of rotatable bonds is 2. The molecule has 0 fully saturated rings. The second-order valence-electron chi connectivity index (χ2n) is 10.6. The Kier molecular flexibility index (Phi) is 8.93. The molecule has 0 unspecified atom stereocenters. The number of aryl methyl sites for hydroxylation is 8. The molecular weight excluding hydrogens is 522 g/mol. The Morgan fingerprint density at radius 1 is 0.375 bits per heavy atom. The minimum absolute atomic E-state index is 0.330. The van der Waals surface area contributed by atoms with Crippen molar-refractivity contribution in [2.24, 2.45) is 0 Å².